The van der Waals surface area contributed by atoms with Gasteiger partial charge in [0, 0.05) is 17.1 Å². The van der Waals surface area contributed by atoms with Crippen LogP contribution in [0, 0.1) is 0 Å². The lowest BCUT2D eigenvalue weighted by molar-refractivity contribution is 0.174. The van der Waals surface area contributed by atoms with E-state index in [1.165, 1.54) is 0 Å². The van der Waals surface area contributed by atoms with Gasteiger partial charge in [0.1, 0.15) is 0 Å². The zero-order chi connectivity index (χ0) is 13.9. The number of nitrogens with zero attached hydrogens (tertiary/aromatic N) is 2. The van der Waals surface area contributed by atoms with Crippen molar-refractivity contribution >= 4 is 27.8 Å². The minimum Gasteiger partial charge on any atom is -0.454 e. The highest BCUT2D eigenvalue weighted by Gasteiger charge is 2.15. The molecule has 102 valence electrons. The number of hydrogen-bond donors (Lipinski definition) is 0. The van der Waals surface area contributed by atoms with Crippen LogP contribution in [0.3, 0.4) is 0 Å². The summed E-state index contributed by atoms with van der Waals surface area (Å²) in [6.45, 7) is 0.270. The van der Waals surface area contributed by atoms with E-state index in [-0.39, 0.29) is 6.79 Å². The van der Waals surface area contributed by atoms with Crippen LogP contribution in [-0.4, -0.2) is 20.1 Å². The molecular formula is C15H13BrN2O2. The number of para-hydroxylation sites is 1. The third-order valence-corrected chi connectivity index (χ3v) is 3.68. The molecule has 0 spiro atoms. The Morgan fingerprint density at radius 3 is 2.60 bits per heavy atom. The van der Waals surface area contributed by atoms with Crippen LogP contribution in [0.1, 0.15) is 5.56 Å². The number of hydrazone groups is 1. The molecule has 0 aliphatic carbocycles. The Kier molecular flexibility index (Phi) is 3.60. The maximum absolute atomic E-state index is 5.37. The van der Waals surface area contributed by atoms with E-state index in [2.05, 4.69) is 21.0 Å². The van der Waals surface area contributed by atoms with E-state index < -0.39 is 0 Å². The molecule has 5 heteroatoms. The fourth-order valence-electron chi connectivity index (χ4n) is 1.89. The van der Waals surface area contributed by atoms with Gasteiger partial charge in [-0.3, -0.25) is 5.01 Å². The number of halogens is 1. The molecule has 1 aliphatic heterocycles. The minimum absolute atomic E-state index is 0.270. The van der Waals surface area contributed by atoms with Gasteiger partial charge in [0.15, 0.2) is 11.5 Å². The summed E-state index contributed by atoms with van der Waals surface area (Å²) in [7, 11) is 1.91. The molecule has 1 aliphatic rings. The van der Waals surface area contributed by atoms with Crippen molar-refractivity contribution in [3.05, 3.63) is 52.5 Å². The summed E-state index contributed by atoms with van der Waals surface area (Å²) in [4.78, 5) is 0. The Morgan fingerprint density at radius 2 is 1.85 bits per heavy atom. The second kappa shape index (κ2) is 5.54. The number of ether oxygens (including phenoxy) is 2. The molecule has 1 heterocycles. The van der Waals surface area contributed by atoms with Crippen molar-refractivity contribution in [2.45, 2.75) is 0 Å². The van der Waals surface area contributed by atoms with Crippen LogP contribution in [0.2, 0.25) is 0 Å². The van der Waals surface area contributed by atoms with Crippen molar-refractivity contribution in [1.29, 1.82) is 0 Å². The zero-order valence-corrected chi connectivity index (χ0v) is 12.5. The molecule has 0 saturated carbocycles. The Hall–Kier alpha value is -2.01. The standard InChI is InChI=1S/C15H13BrN2O2/c1-18(12-5-3-2-4-6-12)17-9-11-7-14-15(8-13(11)16)20-10-19-14/h2-9H,10H2,1H3/b17-9+. The first kappa shape index (κ1) is 13.0. The largest absolute Gasteiger partial charge is 0.454 e. The van der Waals surface area contributed by atoms with Gasteiger partial charge in [-0.25, -0.2) is 0 Å². The van der Waals surface area contributed by atoms with E-state index in [1.54, 1.807) is 6.21 Å². The topological polar surface area (TPSA) is 34.1 Å². The quantitative estimate of drug-likeness (QED) is 0.635. The maximum atomic E-state index is 5.37. The summed E-state index contributed by atoms with van der Waals surface area (Å²) in [5, 5.41) is 6.25. The lowest BCUT2D eigenvalue weighted by Crippen LogP contribution is -2.08. The number of rotatable bonds is 3. The van der Waals surface area contributed by atoms with Crippen molar-refractivity contribution in [2.24, 2.45) is 5.10 Å². The fourth-order valence-corrected chi connectivity index (χ4v) is 2.32. The van der Waals surface area contributed by atoms with Crippen LogP contribution in [-0.2, 0) is 0 Å². The van der Waals surface area contributed by atoms with E-state index in [0.29, 0.717) is 0 Å². The van der Waals surface area contributed by atoms with Crippen molar-refractivity contribution < 1.29 is 9.47 Å². The predicted molar refractivity (Wildman–Crippen MR) is 82.7 cm³/mol. The first-order chi connectivity index (χ1) is 9.74. The predicted octanol–water partition coefficient (Wildman–Crippen LogP) is 3.65. The average molecular weight is 333 g/mol. The van der Waals surface area contributed by atoms with Crippen LogP contribution in [0.15, 0.2) is 52.0 Å². The van der Waals surface area contributed by atoms with Crippen LogP contribution in [0.4, 0.5) is 5.69 Å². The van der Waals surface area contributed by atoms with Crippen molar-refractivity contribution in [3.63, 3.8) is 0 Å². The molecule has 2 aromatic rings. The number of hydrogen-bond acceptors (Lipinski definition) is 4. The molecule has 0 saturated heterocycles. The molecule has 0 amide bonds. The summed E-state index contributed by atoms with van der Waals surface area (Å²) < 4.78 is 11.6. The van der Waals surface area contributed by atoms with Crippen molar-refractivity contribution in [2.75, 3.05) is 18.8 Å². The number of anilines is 1. The van der Waals surface area contributed by atoms with Gasteiger partial charge in [-0.15, -0.1) is 0 Å². The smallest absolute Gasteiger partial charge is 0.231 e. The van der Waals surface area contributed by atoms with Gasteiger partial charge in [-0.05, 0) is 40.2 Å². The summed E-state index contributed by atoms with van der Waals surface area (Å²) in [5.74, 6) is 1.50. The van der Waals surface area contributed by atoms with Crippen LogP contribution < -0.4 is 14.5 Å². The summed E-state index contributed by atoms with van der Waals surface area (Å²) in [6.07, 6.45) is 1.79. The van der Waals surface area contributed by atoms with Gasteiger partial charge in [0.2, 0.25) is 6.79 Å². The molecule has 3 rings (SSSR count). The lowest BCUT2D eigenvalue weighted by atomic mass is 10.2. The highest BCUT2D eigenvalue weighted by molar-refractivity contribution is 9.10. The fraction of sp³-hybridized carbons (Fsp3) is 0.133. The third kappa shape index (κ3) is 2.63. The zero-order valence-electron chi connectivity index (χ0n) is 10.9. The first-order valence-corrected chi connectivity index (χ1v) is 6.95. The van der Waals surface area contributed by atoms with Gasteiger partial charge in [-0.2, -0.15) is 5.10 Å². The average Bonchev–Trinajstić information content (AvgIpc) is 2.92. The highest BCUT2D eigenvalue weighted by Crippen LogP contribution is 2.36. The summed E-state index contributed by atoms with van der Waals surface area (Å²) in [6, 6.07) is 13.8. The number of fused-ring (bicyclic) bond motifs is 1. The highest BCUT2D eigenvalue weighted by atomic mass is 79.9. The molecule has 20 heavy (non-hydrogen) atoms. The van der Waals surface area contributed by atoms with E-state index in [0.717, 1.165) is 27.2 Å². The van der Waals surface area contributed by atoms with Crippen molar-refractivity contribution in [1.82, 2.24) is 0 Å². The van der Waals surface area contributed by atoms with Gasteiger partial charge < -0.3 is 9.47 Å². The molecular weight excluding hydrogens is 320 g/mol. The number of benzene rings is 2. The van der Waals surface area contributed by atoms with Gasteiger partial charge >= 0.3 is 0 Å². The first-order valence-electron chi connectivity index (χ1n) is 6.16. The van der Waals surface area contributed by atoms with E-state index >= 15 is 0 Å². The van der Waals surface area contributed by atoms with Crippen LogP contribution >= 0.6 is 15.9 Å². The molecule has 0 aromatic heterocycles. The van der Waals surface area contributed by atoms with Crippen LogP contribution in [0.5, 0.6) is 11.5 Å². The van der Waals surface area contributed by atoms with E-state index in [9.17, 15) is 0 Å². The normalized spacial score (nSPS) is 12.9. The van der Waals surface area contributed by atoms with Crippen LogP contribution in [0.25, 0.3) is 0 Å². The molecule has 2 aromatic carbocycles. The Bertz CT molecular complexity index is 644. The Morgan fingerprint density at radius 1 is 1.15 bits per heavy atom. The molecule has 0 radical (unpaired) electrons. The molecule has 4 nitrogen and oxygen atoms in total. The second-order valence-corrected chi connectivity index (χ2v) is 5.19. The van der Waals surface area contributed by atoms with Gasteiger partial charge in [-0.1, -0.05) is 18.2 Å². The van der Waals surface area contributed by atoms with Gasteiger partial charge in [0.25, 0.3) is 0 Å². The monoisotopic (exact) mass is 332 g/mol. The van der Waals surface area contributed by atoms with E-state index in [4.69, 9.17) is 9.47 Å². The SMILES string of the molecule is CN(/N=C/c1cc2c(cc1Br)OCO2)c1ccccc1. The molecule has 0 unspecified atom stereocenters. The van der Waals surface area contributed by atoms with Gasteiger partial charge in [0.05, 0.1) is 11.9 Å². The Labute approximate surface area is 125 Å². The summed E-state index contributed by atoms with van der Waals surface area (Å²) >= 11 is 3.51. The molecule has 0 atom stereocenters. The second-order valence-electron chi connectivity index (χ2n) is 4.33. The molecule has 0 fully saturated rings. The summed E-state index contributed by atoms with van der Waals surface area (Å²) in [5.41, 5.74) is 1.97. The third-order valence-electron chi connectivity index (χ3n) is 2.99. The Balaban J connectivity index is 1.82. The van der Waals surface area contributed by atoms with Crippen molar-refractivity contribution in [3.8, 4) is 11.5 Å². The maximum Gasteiger partial charge on any atom is 0.231 e. The minimum atomic E-state index is 0.270. The molecule has 0 bridgehead atoms. The molecule has 0 N–H and O–H groups in total. The van der Waals surface area contributed by atoms with E-state index in [1.807, 2.05) is 54.5 Å². The lowest BCUT2D eigenvalue weighted by Gasteiger charge is -2.12.